The molecule has 2 fully saturated rings. The number of amides is 2. The third-order valence-electron chi connectivity index (χ3n) is 2.77. The first-order valence-electron chi connectivity index (χ1n) is 4.39. The van der Waals surface area contributed by atoms with E-state index in [9.17, 15) is 4.79 Å². The monoisotopic (exact) mass is 170 g/mol. The van der Waals surface area contributed by atoms with E-state index in [0.717, 1.165) is 19.3 Å². The molecule has 4 heteroatoms. The van der Waals surface area contributed by atoms with Gasteiger partial charge in [-0.25, -0.2) is 4.79 Å². The van der Waals surface area contributed by atoms with Gasteiger partial charge in [0.05, 0.1) is 18.2 Å². The SMILES string of the molecule is COC1CCC2NC(=O)NC2C1. The molecule has 2 aliphatic rings. The molecule has 2 N–H and O–H groups in total. The van der Waals surface area contributed by atoms with Crippen molar-refractivity contribution in [1.82, 2.24) is 10.6 Å². The minimum absolute atomic E-state index is 0.0262. The van der Waals surface area contributed by atoms with Crippen molar-refractivity contribution in [3.8, 4) is 0 Å². The summed E-state index contributed by atoms with van der Waals surface area (Å²) in [6, 6.07) is 0.599. The van der Waals surface area contributed by atoms with E-state index in [0.29, 0.717) is 12.1 Å². The van der Waals surface area contributed by atoms with Gasteiger partial charge in [0.25, 0.3) is 0 Å². The summed E-state index contributed by atoms with van der Waals surface area (Å²) in [7, 11) is 1.73. The number of urea groups is 1. The lowest BCUT2D eigenvalue weighted by Gasteiger charge is -2.29. The van der Waals surface area contributed by atoms with Gasteiger partial charge < -0.3 is 15.4 Å². The smallest absolute Gasteiger partial charge is 0.315 e. The lowest BCUT2D eigenvalue weighted by Crippen LogP contribution is -2.41. The number of hydrogen-bond acceptors (Lipinski definition) is 2. The van der Waals surface area contributed by atoms with Gasteiger partial charge >= 0.3 is 6.03 Å². The van der Waals surface area contributed by atoms with Crippen molar-refractivity contribution in [2.45, 2.75) is 37.5 Å². The maximum atomic E-state index is 10.9. The molecular weight excluding hydrogens is 156 g/mol. The summed E-state index contributed by atoms with van der Waals surface area (Å²) in [6.45, 7) is 0. The van der Waals surface area contributed by atoms with Gasteiger partial charge in [-0.15, -0.1) is 0 Å². The van der Waals surface area contributed by atoms with Crippen LogP contribution in [0.3, 0.4) is 0 Å². The molecule has 1 heterocycles. The lowest BCUT2D eigenvalue weighted by molar-refractivity contribution is 0.0578. The molecule has 3 unspecified atom stereocenters. The van der Waals surface area contributed by atoms with Crippen LogP contribution in [0.1, 0.15) is 19.3 Å². The number of carbonyl (C=O) groups excluding carboxylic acids is 1. The van der Waals surface area contributed by atoms with Crippen LogP contribution in [0.25, 0.3) is 0 Å². The molecule has 1 saturated heterocycles. The highest BCUT2D eigenvalue weighted by atomic mass is 16.5. The van der Waals surface area contributed by atoms with E-state index in [2.05, 4.69) is 10.6 Å². The zero-order chi connectivity index (χ0) is 8.55. The Morgan fingerprint density at radius 3 is 2.83 bits per heavy atom. The molecule has 12 heavy (non-hydrogen) atoms. The fraction of sp³-hybridized carbons (Fsp3) is 0.875. The third-order valence-corrected chi connectivity index (χ3v) is 2.77. The molecule has 0 aromatic heterocycles. The van der Waals surface area contributed by atoms with E-state index in [1.165, 1.54) is 0 Å². The summed E-state index contributed by atoms with van der Waals surface area (Å²) < 4.78 is 5.26. The number of ether oxygens (including phenoxy) is 1. The van der Waals surface area contributed by atoms with Crippen LogP contribution in [0.4, 0.5) is 4.79 Å². The summed E-state index contributed by atoms with van der Waals surface area (Å²) in [5.41, 5.74) is 0. The van der Waals surface area contributed by atoms with Crippen LogP contribution in [0.5, 0.6) is 0 Å². The number of fused-ring (bicyclic) bond motifs is 1. The van der Waals surface area contributed by atoms with Crippen molar-refractivity contribution in [2.24, 2.45) is 0 Å². The molecule has 0 aromatic rings. The molecule has 68 valence electrons. The second-order valence-corrected chi connectivity index (χ2v) is 3.50. The number of rotatable bonds is 1. The number of nitrogens with one attached hydrogen (secondary N) is 2. The van der Waals surface area contributed by atoms with Gasteiger partial charge in [-0.2, -0.15) is 0 Å². The fourth-order valence-electron chi connectivity index (χ4n) is 2.06. The Kier molecular flexibility index (Phi) is 1.92. The van der Waals surface area contributed by atoms with Crippen LogP contribution in [-0.4, -0.2) is 31.3 Å². The fourth-order valence-corrected chi connectivity index (χ4v) is 2.06. The van der Waals surface area contributed by atoms with E-state index < -0.39 is 0 Å². The summed E-state index contributed by atoms with van der Waals surface area (Å²) in [4.78, 5) is 10.9. The Morgan fingerprint density at radius 1 is 1.33 bits per heavy atom. The van der Waals surface area contributed by atoms with Crippen molar-refractivity contribution in [2.75, 3.05) is 7.11 Å². The number of carbonyl (C=O) groups is 1. The minimum Gasteiger partial charge on any atom is -0.381 e. The van der Waals surface area contributed by atoms with Gasteiger partial charge in [-0.1, -0.05) is 0 Å². The van der Waals surface area contributed by atoms with E-state index in [1.54, 1.807) is 7.11 Å². The molecular formula is C8H14N2O2. The third kappa shape index (κ3) is 1.27. The minimum atomic E-state index is -0.0262. The van der Waals surface area contributed by atoms with E-state index in [-0.39, 0.29) is 12.1 Å². The molecule has 1 aliphatic carbocycles. The van der Waals surface area contributed by atoms with Crippen LogP contribution in [0.15, 0.2) is 0 Å². The highest BCUT2D eigenvalue weighted by Crippen LogP contribution is 2.23. The molecule has 1 saturated carbocycles. The topological polar surface area (TPSA) is 50.4 Å². The zero-order valence-electron chi connectivity index (χ0n) is 7.17. The van der Waals surface area contributed by atoms with E-state index in [4.69, 9.17) is 4.74 Å². The molecule has 1 aliphatic heterocycles. The highest BCUT2D eigenvalue weighted by molar-refractivity contribution is 5.77. The van der Waals surface area contributed by atoms with Gasteiger partial charge in [-0.3, -0.25) is 0 Å². The predicted molar refractivity (Wildman–Crippen MR) is 43.9 cm³/mol. The molecule has 0 bridgehead atoms. The van der Waals surface area contributed by atoms with Crippen LogP contribution < -0.4 is 10.6 Å². The van der Waals surface area contributed by atoms with Crippen molar-refractivity contribution in [1.29, 1.82) is 0 Å². The molecule has 2 amide bonds. The molecule has 4 nitrogen and oxygen atoms in total. The Morgan fingerprint density at radius 2 is 2.08 bits per heavy atom. The summed E-state index contributed by atoms with van der Waals surface area (Å²) in [5.74, 6) is 0. The van der Waals surface area contributed by atoms with Gasteiger partial charge in [0.1, 0.15) is 0 Å². The predicted octanol–water partition coefficient (Wildman–Crippen LogP) is 0.235. The zero-order valence-corrected chi connectivity index (χ0v) is 7.17. The molecule has 2 rings (SSSR count). The summed E-state index contributed by atoms with van der Waals surface area (Å²) in [6.07, 6.45) is 3.35. The number of methoxy groups -OCH3 is 1. The standard InChI is InChI=1S/C8H14N2O2/c1-12-5-2-3-6-7(4-5)10-8(11)9-6/h5-7H,2-4H2,1H3,(H2,9,10,11). The first kappa shape index (κ1) is 7.86. The Labute approximate surface area is 71.7 Å². The Bertz CT molecular complexity index is 195. The average Bonchev–Trinajstić information content (AvgIpc) is 2.43. The first-order chi connectivity index (χ1) is 5.79. The highest BCUT2D eigenvalue weighted by Gasteiger charge is 2.36. The van der Waals surface area contributed by atoms with E-state index in [1.807, 2.05) is 0 Å². The van der Waals surface area contributed by atoms with Crippen molar-refractivity contribution >= 4 is 6.03 Å². The summed E-state index contributed by atoms with van der Waals surface area (Å²) in [5, 5.41) is 5.78. The lowest BCUT2D eigenvalue weighted by atomic mass is 9.89. The molecule has 0 spiro atoms. The molecule has 3 atom stereocenters. The molecule has 0 radical (unpaired) electrons. The second-order valence-electron chi connectivity index (χ2n) is 3.50. The molecule has 0 aromatic carbocycles. The average molecular weight is 170 g/mol. The first-order valence-corrected chi connectivity index (χ1v) is 4.39. The summed E-state index contributed by atoms with van der Waals surface area (Å²) >= 11 is 0. The number of hydrogen-bond donors (Lipinski definition) is 2. The Balaban J connectivity index is 1.97. The van der Waals surface area contributed by atoms with Gasteiger partial charge in [0.15, 0.2) is 0 Å². The van der Waals surface area contributed by atoms with Crippen LogP contribution in [0.2, 0.25) is 0 Å². The van der Waals surface area contributed by atoms with Crippen LogP contribution in [-0.2, 0) is 4.74 Å². The van der Waals surface area contributed by atoms with Crippen LogP contribution >= 0.6 is 0 Å². The van der Waals surface area contributed by atoms with Crippen LogP contribution in [0, 0.1) is 0 Å². The largest absolute Gasteiger partial charge is 0.381 e. The van der Waals surface area contributed by atoms with Crippen molar-refractivity contribution in [3.05, 3.63) is 0 Å². The Hall–Kier alpha value is -0.770. The second kappa shape index (κ2) is 2.94. The van der Waals surface area contributed by atoms with Crippen molar-refractivity contribution < 1.29 is 9.53 Å². The quantitative estimate of drug-likeness (QED) is 0.592. The van der Waals surface area contributed by atoms with Gasteiger partial charge in [0.2, 0.25) is 0 Å². The van der Waals surface area contributed by atoms with Crippen molar-refractivity contribution in [3.63, 3.8) is 0 Å². The maximum Gasteiger partial charge on any atom is 0.315 e. The van der Waals surface area contributed by atoms with Gasteiger partial charge in [0, 0.05) is 7.11 Å². The normalized spacial score (nSPS) is 40.1. The maximum absolute atomic E-state index is 10.9. The van der Waals surface area contributed by atoms with Gasteiger partial charge in [-0.05, 0) is 19.3 Å². The van der Waals surface area contributed by atoms with E-state index >= 15 is 0 Å².